The fraction of sp³-hybridized carbons (Fsp3) is 0.0870. The van der Waals surface area contributed by atoms with Gasteiger partial charge < -0.3 is 10.4 Å². The lowest BCUT2D eigenvalue weighted by Crippen LogP contribution is -2.02. The molecule has 2 heterocycles. The first-order chi connectivity index (χ1) is 14.0. The number of carboxylic acids is 1. The lowest BCUT2D eigenvalue weighted by atomic mass is 10.1. The molecule has 0 atom stereocenters. The Hall–Kier alpha value is -4.11. The second-order valence-electron chi connectivity index (χ2n) is 6.88. The first kappa shape index (κ1) is 18.3. The number of carbonyl (C=O) groups is 1. The summed E-state index contributed by atoms with van der Waals surface area (Å²) in [7, 11) is 0. The number of pyridine rings is 1. The van der Waals surface area contributed by atoms with Crippen LogP contribution in [0.1, 0.15) is 22.3 Å². The summed E-state index contributed by atoms with van der Waals surface area (Å²) in [6.07, 6.45) is 2.65. The SMILES string of the molecule is Cc1ccc2c(c1)nc1c(C#N)c(C)cc(Nc3cccc(/C=C/C(=O)O)c3)n12. The monoisotopic (exact) mass is 382 g/mol. The average molecular weight is 382 g/mol. The Morgan fingerprint density at radius 1 is 1.21 bits per heavy atom. The molecule has 0 saturated carbocycles. The van der Waals surface area contributed by atoms with Crippen molar-refractivity contribution in [3.05, 3.63) is 76.9 Å². The molecule has 6 heteroatoms. The van der Waals surface area contributed by atoms with Gasteiger partial charge in [0, 0.05) is 11.8 Å². The van der Waals surface area contributed by atoms with Crippen molar-refractivity contribution in [2.45, 2.75) is 13.8 Å². The summed E-state index contributed by atoms with van der Waals surface area (Å²) in [4.78, 5) is 15.5. The number of anilines is 2. The van der Waals surface area contributed by atoms with Crippen molar-refractivity contribution in [2.24, 2.45) is 0 Å². The van der Waals surface area contributed by atoms with Crippen LogP contribution in [-0.4, -0.2) is 20.5 Å². The number of imidazole rings is 1. The van der Waals surface area contributed by atoms with Gasteiger partial charge in [-0.15, -0.1) is 0 Å². The van der Waals surface area contributed by atoms with Crippen molar-refractivity contribution in [1.82, 2.24) is 9.38 Å². The third-order valence-electron chi connectivity index (χ3n) is 4.71. The molecule has 0 amide bonds. The van der Waals surface area contributed by atoms with Crippen LogP contribution < -0.4 is 5.32 Å². The number of aromatic nitrogens is 2. The molecule has 0 aliphatic carbocycles. The van der Waals surface area contributed by atoms with Gasteiger partial charge in [-0.25, -0.2) is 9.78 Å². The third-order valence-corrected chi connectivity index (χ3v) is 4.71. The first-order valence-electron chi connectivity index (χ1n) is 9.07. The zero-order valence-electron chi connectivity index (χ0n) is 16.0. The number of hydrogen-bond donors (Lipinski definition) is 2. The van der Waals surface area contributed by atoms with Gasteiger partial charge in [0.15, 0.2) is 5.65 Å². The number of nitrogens with one attached hydrogen (secondary N) is 1. The minimum absolute atomic E-state index is 0.544. The summed E-state index contributed by atoms with van der Waals surface area (Å²) in [6.45, 7) is 3.90. The number of nitrogens with zero attached hydrogens (tertiary/aromatic N) is 3. The third kappa shape index (κ3) is 3.42. The van der Waals surface area contributed by atoms with Crippen molar-refractivity contribution >= 4 is 40.2 Å². The molecule has 0 aliphatic rings. The van der Waals surface area contributed by atoms with E-state index in [1.165, 1.54) is 0 Å². The molecule has 2 N–H and O–H groups in total. The van der Waals surface area contributed by atoms with Crippen molar-refractivity contribution in [3.63, 3.8) is 0 Å². The number of aliphatic carboxylic acids is 1. The summed E-state index contributed by atoms with van der Waals surface area (Å²) in [5, 5.41) is 21.9. The van der Waals surface area contributed by atoms with E-state index in [-0.39, 0.29) is 0 Å². The molecule has 2 aromatic carbocycles. The maximum Gasteiger partial charge on any atom is 0.328 e. The topological polar surface area (TPSA) is 90.4 Å². The van der Waals surface area contributed by atoms with E-state index in [0.717, 1.165) is 45.3 Å². The minimum atomic E-state index is -0.993. The molecule has 0 bridgehead atoms. The van der Waals surface area contributed by atoms with E-state index >= 15 is 0 Å². The lowest BCUT2D eigenvalue weighted by Gasteiger charge is -2.13. The molecular formula is C23H18N4O2. The fourth-order valence-electron chi connectivity index (χ4n) is 3.39. The van der Waals surface area contributed by atoms with Gasteiger partial charge in [-0.05, 0) is 66.9 Å². The van der Waals surface area contributed by atoms with E-state index < -0.39 is 5.97 Å². The highest BCUT2D eigenvalue weighted by molar-refractivity contribution is 5.87. The number of rotatable bonds is 4. The number of benzene rings is 2. The highest BCUT2D eigenvalue weighted by Gasteiger charge is 2.15. The molecule has 0 radical (unpaired) electrons. The van der Waals surface area contributed by atoms with Crippen molar-refractivity contribution in [3.8, 4) is 6.07 Å². The van der Waals surface area contributed by atoms with Crippen molar-refractivity contribution < 1.29 is 9.90 Å². The quantitative estimate of drug-likeness (QED) is 0.494. The molecule has 0 spiro atoms. The van der Waals surface area contributed by atoms with Gasteiger partial charge >= 0.3 is 5.97 Å². The maximum absolute atomic E-state index is 10.8. The Bertz CT molecular complexity index is 1340. The molecule has 0 aliphatic heterocycles. The fourth-order valence-corrected chi connectivity index (χ4v) is 3.39. The predicted octanol–water partition coefficient (Wildman–Crippen LogP) is 4.82. The Morgan fingerprint density at radius 3 is 2.79 bits per heavy atom. The highest BCUT2D eigenvalue weighted by Crippen LogP contribution is 2.29. The van der Waals surface area contributed by atoms with Crippen molar-refractivity contribution in [1.29, 1.82) is 5.26 Å². The summed E-state index contributed by atoms with van der Waals surface area (Å²) in [5.41, 5.74) is 6.39. The lowest BCUT2D eigenvalue weighted by molar-refractivity contribution is -0.131. The number of hydrogen-bond acceptors (Lipinski definition) is 4. The minimum Gasteiger partial charge on any atom is -0.478 e. The number of nitriles is 1. The van der Waals surface area contributed by atoms with E-state index in [1.54, 1.807) is 6.08 Å². The van der Waals surface area contributed by atoms with Gasteiger partial charge in [-0.3, -0.25) is 4.40 Å². The van der Waals surface area contributed by atoms with E-state index in [4.69, 9.17) is 10.1 Å². The van der Waals surface area contributed by atoms with E-state index in [1.807, 2.05) is 66.8 Å². The van der Waals surface area contributed by atoms with Gasteiger partial charge in [0.25, 0.3) is 0 Å². The molecule has 0 saturated heterocycles. The molecule has 0 fully saturated rings. The van der Waals surface area contributed by atoms with Gasteiger partial charge in [0.2, 0.25) is 0 Å². The molecule has 4 aromatic rings. The Kier molecular flexibility index (Phi) is 4.49. The zero-order valence-corrected chi connectivity index (χ0v) is 16.0. The maximum atomic E-state index is 10.8. The summed E-state index contributed by atoms with van der Waals surface area (Å²) < 4.78 is 1.94. The molecule has 2 aromatic heterocycles. The Balaban J connectivity index is 1.88. The predicted molar refractivity (Wildman–Crippen MR) is 113 cm³/mol. The summed E-state index contributed by atoms with van der Waals surface area (Å²) in [6, 6.07) is 17.7. The van der Waals surface area contributed by atoms with E-state index in [0.29, 0.717) is 11.2 Å². The molecule has 4 rings (SSSR count). The van der Waals surface area contributed by atoms with Crippen LogP contribution >= 0.6 is 0 Å². The number of carboxylic acid groups (broad SMARTS) is 1. The average Bonchev–Trinajstić information content (AvgIpc) is 3.05. The standard InChI is InChI=1S/C23H18N4O2/c1-14-6-8-20-19(10-14)26-23-18(13-24)15(2)11-21(27(20)23)25-17-5-3-4-16(12-17)7-9-22(28)29/h3-12,25H,1-2H3,(H,28,29)/b9-7+. The Labute approximate surface area is 167 Å². The van der Waals surface area contributed by atoms with Crippen LogP contribution in [0.3, 0.4) is 0 Å². The molecule has 142 valence electrons. The van der Waals surface area contributed by atoms with E-state index in [9.17, 15) is 10.1 Å². The number of aryl methyl sites for hydroxylation is 2. The largest absolute Gasteiger partial charge is 0.478 e. The second kappa shape index (κ2) is 7.13. The van der Waals surface area contributed by atoms with E-state index in [2.05, 4.69) is 11.4 Å². The normalized spacial score (nSPS) is 11.2. The van der Waals surface area contributed by atoms with Gasteiger partial charge in [0.1, 0.15) is 11.9 Å². The first-order valence-corrected chi connectivity index (χ1v) is 9.07. The Morgan fingerprint density at radius 2 is 2.03 bits per heavy atom. The highest BCUT2D eigenvalue weighted by atomic mass is 16.4. The number of fused-ring (bicyclic) bond motifs is 3. The summed E-state index contributed by atoms with van der Waals surface area (Å²) >= 11 is 0. The van der Waals surface area contributed by atoms with Gasteiger partial charge in [-0.1, -0.05) is 18.2 Å². The van der Waals surface area contributed by atoms with Crippen LogP contribution in [0.25, 0.3) is 22.8 Å². The molecule has 29 heavy (non-hydrogen) atoms. The van der Waals surface area contributed by atoms with Crippen LogP contribution in [0.15, 0.2) is 54.6 Å². The van der Waals surface area contributed by atoms with Crippen LogP contribution in [-0.2, 0) is 4.79 Å². The van der Waals surface area contributed by atoms with Crippen molar-refractivity contribution in [2.75, 3.05) is 5.32 Å². The summed E-state index contributed by atoms with van der Waals surface area (Å²) in [5.74, 6) is -0.213. The smallest absolute Gasteiger partial charge is 0.328 e. The second-order valence-corrected chi connectivity index (χ2v) is 6.88. The van der Waals surface area contributed by atoms with Crippen LogP contribution in [0.5, 0.6) is 0 Å². The van der Waals surface area contributed by atoms with Crippen LogP contribution in [0.2, 0.25) is 0 Å². The van der Waals surface area contributed by atoms with Gasteiger partial charge in [-0.2, -0.15) is 5.26 Å². The van der Waals surface area contributed by atoms with Gasteiger partial charge in [0.05, 0.1) is 16.6 Å². The zero-order chi connectivity index (χ0) is 20.5. The van der Waals surface area contributed by atoms with Crippen LogP contribution in [0, 0.1) is 25.2 Å². The molecular weight excluding hydrogens is 364 g/mol. The molecule has 0 unspecified atom stereocenters. The molecule has 6 nitrogen and oxygen atoms in total. The van der Waals surface area contributed by atoms with Crippen LogP contribution in [0.4, 0.5) is 11.5 Å².